The van der Waals surface area contributed by atoms with Crippen LogP contribution in [0.1, 0.15) is 38.2 Å². The van der Waals surface area contributed by atoms with Gasteiger partial charge in [-0.3, -0.25) is 19.2 Å². The molecule has 5 rings (SSSR count). The van der Waals surface area contributed by atoms with E-state index >= 15 is 0 Å². The van der Waals surface area contributed by atoms with Gasteiger partial charge in [0.25, 0.3) is 0 Å². The molecule has 4 atom stereocenters. The van der Waals surface area contributed by atoms with Crippen LogP contribution in [0, 0.1) is 30.6 Å². The molecule has 0 bridgehead atoms. The van der Waals surface area contributed by atoms with Gasteiger partial charge in [0.2, 0.25) is 17.7 Å². The van der Waals surface area contributed by atoms with Gasteiger partial charge in [0, 0.05) is 18.0 Å². The van der Waals surface area contributed by atoms with E-state index in [1.807, 2.05) is 0 Å². The summed E-state index contributed by atoms with van der Waals surface area (Å²) in [5.41, 5.74) is 1.63. The van der Waals surface area contributed by atoms with Crippen LogP contribution in [0.25, 0.3) is 0 Å². The average molecular weight is 529 g/mol. The molecule has 1 saturated carbocycles. The number of carbonyl (C=O) groups excluding carboxylic acids is 4. The number of benzene rings is 2. The number of rotatable bonds is 4. The normalized spacial score (nSPS) is 25.9. The molecule has 188 valence electrons. The van der Waals surface area contributed by atoms with E-state index in [0.29, 0.717) is 32.9 Å². The Kier molecular flexibility index (Phi) is 6.55. The zero-order valence-corrected chi connectivity index (χ0v) is 21.5. The average Bonchev–Trinajstić information content (AvgIpc) is 3.33. The molecule has 0 spiro atoms. The van der Waals surface area contributed by atoms with Crippen molar-refractivity contribution in [3.63, 3.8) is 0 Å². The summed E-state index contributed by atoms with van der Waals surface area (Å²) < 4.78 is 5.58. The summed E-state index contributed by atoms with van der Waals surface area (Å²) in [4.78, 5) is 54.3. The summed E-state index contributed by atoms with van der Waals surface area (Å²) in [6.45, 7) is 4.03. The van der Waals surface area contributed by atoms with E-state index in [1.165, 1.54) is 9.80 Å². The Labute approximate surface area is 219 Å². The lowest BCUT2D eigenvalue weighted by molar-refractivity contribution is -0.139. The molecule has 0 N–H and O–H groups in total. The molecule has 0 radical (unpaired) electrons. The molecular formula is C27H26Cl2N2O5. The van der Waals surface area contributed by atoms with Crippen molar-refractivity contribution in [3.05, 3.63) is 52.0 Å². The number of imide groups is 1. The second-order valence-electron chi connectivity index (χ2n) is 10.0. The number of hydrogen-bond acceptors (Lipinski definition) is 5. The number of aryl methyl sites for hydroxylation is 1. The molecule has 3 aliphatic rings. The highest BCUT2D eigenvalue weighted by Crippen LogP contribution is 2.43. The lowest BCUT2D eigenvalue weighted by Gasteiger charge is -2.25. The molecule has 0 unspecified atom stereocenters. The van der Waals surface area contributed by atoms with Crippen molar-refractivity contribution in [1.82, 2.24) is 0 Å². The Bertz CT molecular complexity index is 1280. The first-order chi connectivity index (χ1) is 17.1. The second-order valence-corrected chi connectivity index (χ2v) is 10.9. The Hall–Kier alpha value is -2.90. The van der Waals surface area contributed by atoms with Crippen molar-refractivity contribution in [2.75, 3.05) is 16.3 Å². The Morgan fingerprint density at radius 1 is 0.972 bits per heavy atom. The Morgan fingerprint density at radius 3 is 2.47 bits per heavy atom. The van der Waals surface area contributed by atoms with Crippen LogP contribution in [0.3, 0.4) is 0 Å². The van der Waals surface area contributed by atoms with E-state index in [0.717, 1.165) is 19.3 Å². The fraction of sp³-hybridized carbons (Fsp3) is 0.407. The summed E-state index contributed by atoms with van der Waals surface area (Å²) >= 11 is 12.3. The van der Waals surface area contributed by atoms with Crippen LogP contribution in [-0.2, 0) is 19.2 Å². The number of carbonyl (C=O) groups is 4. The molecular weight excluding hydrogens is 503 g/mol. The van der Waals surface area contributed by atoms with Gasteiger partial charge in [-0.15, -0.1) is 0 Å². The molecule has 1 aliphatic carbocycles. The maximum absolute atomic E-state index is 13.1. The van der Waals surface area contributed by atoms with Crippen molar-refractivity contribution in [2.45, 2.75) is 39.5 Å². The highest BCUT2D eigenvalue weighted by atomic mass is 35.5. The minimum absolute atomic E-state index is 0.00325. The number of anilines is 2. The first-order valence-corrected chi connectivity index (χ1v) is 12.8. The van der Waals surface area contributed by atoms with Crippen LogP contribution < -0.4 is 14.5 Å². The standard InChI is InChI=1S/C27H26Cl2N2O5/c1-14-3-6-19-20(9-14)26(34)31(25(19)33)22-8-5-18(10-15(22)2)36-27(35)16-11-24(32)30(13-16)23-12-17(28)4-7-21(23)29/h4-5,7-8,10,12,14,16,19-20H,3,6,9,11,13H2,1-2H3/t14-,16-,19-,20-/m1/s1. The maximum atomic E-state index is 13.1. The Morgan fingerprint density at radius 2 is 1.72 bits per heavy atom. The SMILES string of the molecule is Cc1cc(OC(=O)[C@@H]2CC(=O)N(c3cc(Cl)ccc3Cl)C2)ccc1N1C(=O)[C@@H]2CC[C@@H](C)C[C@H]2C1=O. The summed E-state index contributed by atoms with van der Waals surface area (Å²) in [6, 6.07) is 9.69. The quantitative estimate of drug-likeness (QED) is 0.310. The lowest BCUT2D eigenvalue weighted by atomic mass is 9.76. The van der Waals surface area contributed by atoms with E-state index < -0.39 is 11.9 Å². The van der Waals surface area contributed by atoms with E-state index in [-0.39, 0.29) is 48.3 Å². The van der Waals surface area contributed by atoms with Gasteiger partial charge in [0.1, 0.15) is 5.75 Å². The minimum atomic E-state index is -0.667. The monoisotopic (exact) mass is 528 g/mol. The van der Waals surface area contributed by atoms with Gasteiger partial charge in [-0.05, 0) is 74.1 Å². The summed E-state index contributed by atoms with van der Waals surface area (Å²) in [5.74, 6) is -1.52. The van der Waals surface area contributed by atoms with E-state index in [4.69, 9.17) is 27.9 Å². The highest BCUT2D eigenvalue weighted by molar-refractivity contribution is 6.36. The van der Waals surface area contributed by atoms with E-state index in [9.17, 15) is 19.2 Å². The van der Waals surface area contributed by atoms with Crippen LogP contribution in [-0.4, -0.2) is 30.2 Å². The van der Waals surface area contributed by atoms with Crippen LogP contribution in [0.15, 0.2) is 36.4 Å². The molecule has 3 fully saturated rings. The van der Waals surface area contributed by atoms with E-state index in [2.05, 4.69) is 6.92 Å². The van der Waals surface area contributed by atoms with Crippen LogP contribution >= 0.6 is 23.2 Å². The molecule has 2 aliphatic heterocycles. The second kappa shape index (κ2) is 9.52. The van der Waals surface area contributed by atoms with Crippen molar-refractivity contribution in [1.29, 1.82) is 0 Å². The molecule has 2 aromatic carbocycles. The number of nitrogens with zero attached hydrogens (tertiary/aromatic N) is 2. The van der Waals surface area contributed by atoms with Crippen molar-refractivity contribution in [3.8, 4) is 5.75 Å². The fourth-order valence-corrected chi connectivity index (χ4v) is 5.95. The van der Waals surface area contributed by atoms with Crippen LogP contribution in [0.5, 0.6) is 5.75 Å². The summed E-state index contributed by atoms with van der Waals surface area (Å²) in [5, 5.41) is 0.806. The smallest absolute Gasteiger partial charge is 0.316 e. The van der Waals surface area contributed by atoms with Gasteiger partial charge >= 0.3 is 5.97 Å². The lowest BCUT2D eigenvalue weighted by Crippen LogP contribution is -2.31. The van der Waals surface area contributed by atoms with Gasteiger partial charge < -0.3 is 9.64 Å². The predicted molar refractivity (Wildman–Crippen MR) is 136 cm³/mol. The number of hydrogen-bond donors (Lipinski definition) is 0. The predicted octanol–water partition coefficient (Wildman–Crippen LogP) is 5.19. The largest absolute Gasteiger partial charge is 0.426 e. The summed E-state index contributed by atoms with van der Waals surface area (Å²) in [7, 11) is 0. The zero-order valence-electron chi connectivity index (χ0n) is 20.0. The first kappa shape index (κ1) is 24.8. The fourth-order valence-electron chi connectivity index (χ4n) is 5.56. The molecule has 36 heavy (non-hydrogen) atoms. The number of amides is 3. The number of halogens is 2. The minimum Gasteiger partial charge on any atom is -0.426 e. The van der Waals surface area contributed by atoms with E-state index in [1.54, 1.807) is 43.3 Å². The molecule has 9 heteroatoms. The molecule has 3 amide bonds. The number of fused-ring (bicyclic) bond motifs is 1. The molecule has 2 heterocycles. The van der Waals surface area contributed by atoms with Gasteiger partial charge in [-0.1, -0.05) is 30.1 Å². The maximum Gasteiger partial charge on any atom is 0.316 e. The molecule has 7 nitrogen and oxygen atoms in total. The highest BCUT2D eigenvalue weighted by Gasteiger charge is 2.50. The van der Waals surface area contributed by atoms with Crippen LogP contribution in [0.2, 0.25) is 10.0 Å². The first-order valence-electron chi connectivity index (χ1n) is 12.1. The Balaban J connectivity index is 1.29. The topological polar surface area (TPSA) is 84.0 Å². The van der Waals surface area contributed by atoms with Gasteiger partial charge in [-0.2, -0.15) is 0 Å². The van der Waals surface area contributed by atoms with Gasteiger partial charge in [-0.25, -0.2) is 4.90 Å². The van der Waals surface area contributed by atoms with Crippen LogP contribution in [0.4, 0.5) is 11.4 Å². The van der Waals surface area contributed by atoms with Crippen molar-refractivity contribution >= 4 is 58.3 Å². The third kappa shape index (κ3) is 4.39. The third-order valence-electron chi connectivity index (χ3n) is 7.47. The number of ether oxygens (including phenoxy) is 1. The number of esters is 1. The summed E-state index contributed by atoms with van der Waals surface area (Å²) in [6.07, 6.45) is 2.42. The van der Waals surface area contributed by atoms with Gasteiger partial charge in [0.15, 0.2) is 0 Å². The molecule has 2 saturated heterocycles. The third-order valence-corrected chi connectivity index (χ3v) is 8.03. The zero-order chi connectivity index (χ0) is 25.7. The van der Waals surface area contributed by atoms with Crippen molar-refractivity contribution < 1.29 is 23.9 Å². The molecule has 0 aromatic heterocycles. The van der Waals surface area contributed by atoms with Crippen molar-refractivity contribution in [2.24, 2.45) is 23.7 Å². The molecule has 2 aromatic rings. The van der Waals surface area contributed by atoms with Gasteiger partial charge in [0.05, 0.1) is 34.2 Å².